The molecule has 2 aromatic carbocycles. The Morgan fingerprint density at radius 2 is 1.73 bits per heavy atom. The molecular formula is C34H36F3N5O2. The molecule has 44 heavy (non-hydrogen) atoms. The standard InChI is InChI=1S/C34H36F3N5O2/c1-23-20-30(14-17-38-23)39-29-11-6-27(7-12-29)21-42(33(43)13-8-26-4-9-28(10-5-26)34(35,36)37)31-15-18-41(19-16-31)22-32-24(2)40-44-25(32)3/h4-14,17,20,31H,15-16,18-19,21-22H2,1-3H3,(H,38,39)/b13-8+. The van der Waals surface area contributed by atoms with E-state index in [1.54, 1.807) is 12.3 Å². The average molecular weight is 604 g/mol. The van der Waals surface area contributed by atoms with Crippen LogP contribution in [0.4, 0.5) is 24.5 Å². The smallest absolute Gasteiger partial charge is 0.361 e. The number of benzene rings is 2. The maximum atomic E-state index is 13.6. The molecule has 0 radical (unpaired) electrons. The second kappa shape index (κ2) is 13.5. The third kappa shape index (κ3) is 7.93. The molecule has 0 aliphatic carbocycles. The number of hydrogen-bond donors (Lipinski definition) is 1. The number of nitrogens with one attached hydrogen (secondary N) is 1. The summed E-state index contributed by atoms with van der Waals surface area (Å²) < 4.78 is 44.3. The maximum Gasteiger partial charge on any atom is 0.416 e. The number of aryl methyl sites for hydroxylation is 3. The number of piperidine rings is 1. The summed E-state index contributed by atoms with van der Waals surface area (Å²) in [6.45, 7) is 8.60. The predicted octanol–water partition coefficient (Wildman–Crippen LogP) is 7.46. The van der Waals surface area contributed by atoms with Crippen molar-refractivity contribution in [2.24, 2.45) is 0 Å². The van der Waals surface area contributed by atoms with Gasteiger partial charge in [0.25, 0.3) is 0 Å². The van der Waals surface area contributed by atoms with Gasteiger partial charge in [0.05, 0.1) is 11.3 Å². The van der Waals surface area contributed by atoms with E-state index in [0.29, 0.717) is 12.1 Å². The Hall–Kier alpha value is -4.44. The van der Waals surface area contributed by atoms with Crippen LogP contribution in [0.1, 0.15) is 52.2 Å². The van der Waals surface area contributed by atoms with Crippen LogP contribution in [0, 0.1) is 20.8 Å². The number of carbonyl (C=O) groups is 1. The van der Waals surface area contributed by atoms with Crippen LogP contribution in [0.15, 0.2) is 77.5 Å². The molecule has 1 aliphatic heterocycles. The van der Waals surface area contributed by atoms with Gasteiger partial charge in [-0.3, -0.25) is 14.7 Å². The summed E-state index contributed by atoms with van der Waals surface area (Å²) in [5.74, 6) is 0.648. The zero-order valence-electron chi connectivity index (χ0n) is 25.1. The fourth-order valence-corrected chi connectivity index (χ4v) is 5.45. The molecule has 4 aromatic rings. The van der Waals surface area contributed by atoms with Gasteiger partial charge in [0, 0.05) is 67.1 Å². The first-order valence-electron chi connectivity index (χ1n) is 14.6. The van der Waals surface area contributed by atoms with Crippen LogP contribution in [0.5, 0.6) is 0 Å². The second-order valence-corrected chi connectivity index (χ2v) is 11.2. The highest BCUT2D eigenvalue weighted by Crippen LogP contribution is 2.29. The quantitative estimate of drug-likeness (QED) is 0.200. The van der Waals surface area contributed by atoms with Gasteiger partial charge in [0.2, 0.25) is 5.91 Å². The fraction of sp³-hybridized carbons (Fsp3) is 0.324. The van der Waals surface area contributed by atoms with Crippen LogP contribution in [0.25, 0.3) is 6.08 Å². The first-order valence-corrected chi connectivity index (χ1v) is 14.6. The van der Waals surface area contributed by atoms with Crippen LogP contribution >= 0.6 is 0 Å². The molecule has 10 heteroatoms. The molecule has 1 amide bonds. The summed E-state index contributed by atoms with van der Waals surface area (Å²) in [6.07, 6.45) is 1.98. The van der Waals surface area contributed by atoms with E-state index in [0.717, 1.165) is 84.3 Å². The highest BCUT2D eigenvalue weighted by molar-refractivity contribution is 5.92. The van der Waals surface area contributed by atoms with Crippen LogP contribution in [-0.2, 0) is 24.1 Å². The number of alkyl halides is 3. The van der Waals surface area contributed by atoms with E-state index in [1.807, 2.05) is 62.1 Å². The predicted molar refractivity (Wildman–Crippen MR) is 164 cm³/mol. The van der Waals surface area contributed by atoms with Gasteiger partial charge >= 0.3 is 6.18 Å². The summed E-state index contributed by atoms with van der Waals surface area (Å²) in [5.41, 5.74) is 5.58. The first kappa shape index (κ1) is 31.0. The Balaban J connectivity index is 1.29. The van der Waals surface area contributed by atoms with Crippen molar-refractivity contribution in [3.8, 4) is 0 Å². The minimum absolute atomic E-state index is 0.0123. The largest absolute Gasteiger partial charge is 0.416 e. The van der Waals surface area contributed by atoms with E-state index in [-0.39, 0.29) is 11.9 Å². The van der Waals surface area contributed by atoms with Gasteiger partial charge in [0.1, 0.15) is 5.76 Å². The third-order valence-corrected chi connectivity index (χ3v) is 7.99. The van der Waals surface area contributed by atoms with Crippen molar-refractivity contribution in [2.45, 2.75) is 58.9 Å². The van der Waals surface area contributed by atoms with E-state index in [2.05, 4.69) is 20.4 Å². The lowest BCUT2D eigenvalue weighted by atomic mass is 10.0. The Labute approximate surface area is 255 Å². The Kier molecular flexibility index (Phi) is 9.49. The number of rotatable bonds is 9. The normalized spacial score (nSPS) is 14.7. The fourth-order valence-electron chi connectivity index (χ4n) is 5.45. The second-order valence-electron chi connectivity index (χ2n) is 11.2. The van der Waals surface area contributed by atoms with Crippen molar-refractivity contribution in [2.75, 3.05) is 18.4 Å². The molecule has 3 heterocycles. The first-order chi connectivity index (χ1) is 21.0. The third-order valence-electron chi connectivity index (χ3n) is 7.99. The molecule has 1 N–H and O–H groups in total. The van der Waals surface area contributed by atoms with E-state index in [9.17, 15) is 18.0 Å². The van der Waals surface area contributed by atoms with Crippen molar-refractivity contribution in [3.63, 3.8) is 0 Å². The van der Waals surface area contributed by atoms with Gasteiger partial charge in [-0.25, -0.2) is 0 Å². The van der Waals surface area contributed by atoms with Crippen molar-refractivity contribution in [1.82, 2.24) is 19.9 Å². The van der Waals surface area contributed by atoms with Crippen LogP contribution in [-0.4, -0.2) is 45.0 Å². The molecule has 0 bridgehead atoms. The number of nitrogens with zero attached hydrogens (tertiary/aromatic N) is 4. The number of aromatic nitrogens is 2. The molecule has 0 spiro atoms. The van der Waals surface area contributed by atoms with Crippen molar-refractivity contribution < 1.29 is 22.5 Å². The van der Waals surface area contributed by atoms with Crippen LogP contribution in [0.3, 0.4) is 0 Å². The number of anilines is 2. The number of hydrogen-bond acceptors (Lipinski definition) is 6. The number of amides is 1. The van der Waals surface area contributed by atoms with Gasteiger partial charge in [-0.2, -0.15) is 13.2 Å². The lowest BCUT2D eigenvalue weighted by molar-refractivity contribution is -0.137. The Morgan fingerprint density at radius 1 is 1.02 bits per heavy atom. The highest BCUT2D eigenvalue weighted by atomic mass is 19.4. The summed E-state index contributed by atoms with van der Waals surface area (Å²) in [7, 11) is 0. The van der Waals surface area contributed by atoms with Crippen molar-refractivity contribution >= 4 is 23.4 Å². The van der Waals surface area contributed by atoms with Gasteiger partial charge in [0.15, 0.2) is 0 Å². The molecule has 1 fully saturated rings. The summed E-state index contributed by atoms with van der Waals surface area (Å²) in [5, 5.41) is 7.44. The Morgan fingerprint density at radius 3 is 2.34 bits per heavy atom. The monoisotopic (exact) mass is 603 g/mol. The van der Waals surface area contributed by atoms with E-state index < -0.39 is 11.7 Å². The minimum atomic E-state index is -4.41. The maximum absolute atomic E-state index is 13.6. The lowest BCUT2D eigenvalue weighted by Crippen LogP contribution is -2.46. The van der Waals surface area contributed by atoms with Crippen LogP contribution in [0.2, 0.25) is 0 Å². The van der Waals surface area contributed by atoms with Gasteiger partial charge in [-0.1, -0.05) is 29.4 Å². The molecular weight excluding hydrogens is 567 g/mol. The number of pyridine rings is 1. The molecule has 5 rings (SSSR count). The van der Waals surface area contributed by atoms with Gasteiger partial charge in [-0.15, -0.1) is 0 Å². The average Bonchev–Trinajstić information content (AvgIpc) is 3.32. The molecule has 0 atom stereocenters. The van der Waals surface area contributed by atoms with Crippen molar-refractivity contribution in [3.05, 3.63) is 112 Å². The number of halogens is 3. The zero-order valence-corrected chi connectivity index (χ0v) is 25.1. The minimum Gasteiger partial charge on any atom is -0.361 e. The van der Waals surface area contributed by atoms with E-state index in [1.165, 1.54) is 18.2 Å². The molecule has 1 saturated heterocycles. The van der Waals surface area contributed by atoms with Gasteiger partial charge in [-0.05, 0) is 87.2 Å². The highest BCUT2D eigenvalue weighted by Gasteiger charge is 2.30. The molecule has 2 aromatic heterocycles. The SMILES string of the molecule is Cc1cc(Nc2ccc(CN(C(=O)/C=C/c3ccc(C(F)(F)F)cc3)C3CCN(Cc4c(C)noc4C)CC3)cc2)ccn1. The molecule has 230 valence electrons. The van der Waals surface area contributed by atoms with Crippen LogP contribution < -0.4 is 5.32 Å². The molecule has 0 saturated carbocycles. The number of carbonyl (C=O) groups excluding carboxylic acids is 1. The zero-order chi connectivity index (χ0) is 31.3. The summed E-state index contributed by atoms with van der Waals surface area (Å²) >= 11 is 0. The summed E-state index contributed by atoms with van der Waals surface area (Å²) in [4.78, 5) is 22.1. The molecule has 0 unspecified atom stereocenters. The molecule has 1 aliphatic rings. The summed E-state index contributed by atoms with van der Waals surface area (Å²) in [6, 6.07) is 16.7. The molecule has 7 nitrogen and oxygen atoms in total. The van der Waals surface area contributed by atoms with Gasteiger partial charge < -0.3 is 14.7 Å². The lowest BCUT2D eigenvalue weighted by Gasteiger charge is -2.38. The number of likely N-dealkylation sites (tertiary alicyclic amines) is 1. The topological polar surface area (TPSA) is 74.5 Å². The Bertz CT molecular complexity index is 1570. The van der Waals surface area contributed by atoms with E-state index >= 15 is 0 Å². The van der Waals surface area contributed by atoms with Crippen molar-refractivity contribution in [1.29, 1.82) is 0 Å². The van der Waals surface area contributed by atoms with E-state index in [4.69, 9.17) is 4.52 Å².